The summed E-state index contributed by atoms with van der Waals surface area (Å²) in [6.45, 7) is 4.65. The molecule has 7 nitrogen and oxygen atoms in total. The molecule has 0 heterocycles. The molecule has 1 N–H and O–H groups in total. The first-order valence-electron chi connectivity index (χ1n) is 7.57. The van der Waals surface area contributed by atoms with Crippen molar-refractivity contribution in [3.8, 4) is 0 Å². The van der Waals surface area contributed by atoms with E-state index in [2.05, 4.69) is 9.47 Å². The number of halogens is 2. The minimum absolute atomic E-state index is 0.461. The quantitative estimate of drug-likeness (QED) is 0.484. The Labute approximate surface area is 149 Å². The molecule has 1 rings (SSSR count). The number of ether oxygens (including phenoxy) is 3. The second-order valence-corrected chi connectivity index (χ2v) is 6.30. The van der Waals surface area contributed by atoms with E-state index in [9.17, 15) is 18.8 Å². The van der Waals surface area contributed by atoms with Crippen LogP contribution in [0, 0.1) is 5.82 Å². The Balaban J connectivity index is 3.47. The Morgan fingerprint density at radius 2 is 1.54 bits per heavy atom. The zero-order chi connectivity index (χ0) is 20.1. The van der Waals surface area contributed by atoms with E-state index in [1.54, 1.807) is 20.8 Å². The molecule has 0 unspecified atom stereocenters. The molecule has 0 aliphatic heterocycles. The molecule has 1 amide bonds. The molecular weight excluding hydrogens is 352 g/mol. The number of carbonyl (C=O) groups excluding carboxylic acids is 3. The molecule has 0 bridgehead atoms. The number of hydrogen-bond donors (Lipinski definition) is 1. The third kappa shape index (κ3) is 4.68. The predicted octanol–water partition coefficient (Wildman–Crippen LogP) is 2.45. The van der Waals surface area contributed by atoms with Crippen LogP contribution in [0.2, 0.25) is 0 Å². The van der Waals surface area contributed by atoms with E-state index in [0.29, 0.717) is 0 Å². The highest BCUT2D eigenvalue weighted by molar-refractivity contribution is 6.05. The van der Waals surface area contributed by atoms with Crippen molar-refractivity contribution in [3.05, 3.63) is 35.6 Å². The van der Waals surface area contributed by atoms with E-state index >= 15 is 4.39 Å². The summed E-state index contributed by atoms with van der Waals surface area (Å²) in [6.07, 6.45) is -1.17. The number of esters is 2. The number of hydrogen-bond acceptors (Lipinski definition) is 6. The third-order valence-electron chi connectivity index (χ3n) is 3.24. The lowest BCUT2D eigenvalue weighted by molar-refractivity contribution is -0.174. The maximum Gasteiger partial charge on any atom is 0.408 e. The van der Waals surface area contributed by atoms with Crippen LogP contribution in [0.3, 0.4) is 0 Å². The van der Waals surface area contributed by atoms with Crippen molar-refractivity contribution in [2.45, 2.75) is 38.1 Å². The molecule has 0 aromatic heterocycles. The monoisotopic (exact) mass is 373 g/mol. The largest absolute Gasteiger partial charge is 0.466 e. The fraction of sp³-hybridized carbons (Fsp3) is 0.471. The van der Waals surface area contributed by atoms with Crippen molar-refractivity contribution in [1.82, 2.24) is 5.32 Å². The molecular formula is C17H21F2NO6. The van der Waals surface area contributed by atoms with Crippen LogP contribution in [0.4, 0.5) is 13.6 Å². The molecule has 9 heteroatoms. The van der Waals surface area contributed by atoms with Crippen molar-refractivity contribution >= 4 is 18.0 Å². The standard InChI is InChI=1S/C17H21F2NO6/c1-16(2,3)26-15(23)20-12(10-8-6-7-9-11(10)18)17(19,13(21)24-4)14(22)25-5/h6-9,12H,1-5H3,(H,20,23)/t12-/m0/s1. The molecule has 1 aromatic carbocycles. The van der Waals surface area contributed by atoms with Crippen molar-refractivity contribution in [1.29, 1.82) is 0 Å². The fourth-order valence-corrected chi connectivity index (χ4v) is 2.14. The highest BCUT2D eigenvalue weighted by atomic mass is 19.1. The molecule has 0 spiro atoms. The number of amides is 1. The lowest BCUT2D eigenvalue weighted by Gasteiger charge is -2.31. The van der Waals surface area contributed by atoms with Gasteiger partial charge in [-0.3, -0.25) is 0 Å². The maximum atomic E-state index is 15.5. The Kier molecular flexibility index (Phi) is 6.66. The third-order valence-corrected chi connectivity index (χ3v) is 3.24. The van der Waals surface area contributed by atoms with Gasteiger partial charge in [0.1, 0.15) is 17.5 Å². The maximum absolute atomic E-state index is 15.5. The van der Waals surface area contributed by atoms with Gasteiger partial charge in [0, 0.05) is 5.56 Å². The van der Waals surface area contributed by atoms with Crippen LogP contribution >= 0.6 is 0 Å². The van der Waals surface area contributed by atoms with Crippen LogP contribution in [-0.2, 0) is 23.8 Å². The molecule has 0 radical (unpaired) electrons. The van der Waals surface area contributed by atoms with Crippen molar-refractivity contribution in [3.63, 3.8) is 0 Å². The number of alkyl halides is 1. The van der Waals surface area contributed by atoms with E-state index in [1.807, 2.05) is 5.32 Å². The van der Waals surface area contributed by atoms with E-state index < -0.39 is 46.7 Å². The summed E-state index contributed by atoms with van der Waals surface area (Å²) in [5.74, 6) is -4.27. The van der Waals surface area contributed by atoms with Gasteiger partial charge in [-0.25, -0.2) is 23.2 Å². The smallest absolute Gasteiger partial charge is 0.408 e. The summed E-state index contributed by atoms with van der Waals surface area (Å²) in [5, 5.41) is 2.02. The Morgan fingerprint density at radius 3 is 1.96 bits per heavy atom. The summed E-state index contributed by atoms with van der Waals surface area (Å²) in [5.41, 5.74) is -4.96. The summed E-state index contributed by atoms with van der Waals surface area (Å²) < 4.78 is 43.4. The van der Waals surface area contributed by atoms with Gasteiger partial charge in [0.05, 0.1) is 14.2 Å². The zero-order valence-corrected chi connectivity index (χ0v) is 15.1. The Bertz CT molecular complexity index is 670. The summed E-state index contributed by atoms with van der Waals surface area (Å²) in [7, 11) is 1.68. The number of carbonyl (C=O) groups is 3. The average Bonchev–Trinajstić information content (AvgIpc) is 2.56. The van der Waals surface area contributed by atoms with Crippen LogP contribution in [0.25, 0.3) is 0 Å². The lowest BCUT2D eigenvalue weighted by Crippen LogP contribution is -2.55. The van der Waals surface area contributed by atoms with Crippen molar-refractivity contribution in [2.75, 3.05) is 14.2 Å². The second kappa shape index (κ2) is 8.11. The van der Waals surface area contributed by atoms with Gasteiger partial charge in [-0.15, -0.1) is 0 Å². The minimum atomic E-state index is -3.54. The SMILES string of the molecule is COC(=O)C(F)(C(=O)OC)[C@@H](NC(=O)OC(C)(C)C)c1ccccc1F. The van der Waals surface area contributed by atoms with Crippen LogP contribution in [0.5, 0.6) is 0 Å². The Hall–Kier alpha value is -2.71. The summed E-state index contributed by atoms with van der Waals surface area (Å²) in [6, 6.07) is 2.67. The number of rotatable bonds is 5. The molecule has 1 atom stereocenters. The molecule has 0 saturated heterocycles. The van der Waals surface area contributed by atoms with Gasteiger partial charge in [-0.05, 0) is 26.8 Å². The highest BCUT2D eigenvalue weighted by Crippen LogP contribution is 2.34. The van der Waals surface area contributed by atoms with Crippen molar-refractivity contribution < 1.29 is 37.4 Å². The van der Waals surface area contributed by atoms with Gasteiger partial charge in [0.2, 0.25) is 0 Å². The van der Waals surface area contributed by atoms with Gasteiger partial charge in [0.25, 0.3) is 0 Å². The van der Waals surface area contributed by atoms with Crippen LogP contribution in [0.15, 0.2) is 24.3 Å². The van der Waals surface area contributed by atoms with E-state index in [1.165, 1.54) is 12.1 Å². The van der Waals surface area contributed by atoms with Crippen molar-refractivity contribution in [2.24, 2.45) is 0 Å². The number of methoxy groups -OCH3 is 2. The fourth-order valence-electron chi connectivity index (χ4n) is 2.14. The Morgan fingerprint density at radius 1 is 1.04 bits per heavy atom. The minimum Gasteiger partial charge on any atom is -0.466 e. The van der Waals surface area contributed by atoms with E-state index in [-0.39, 0.29) is 0 Å². The number of nitrogens with one attached hydrogen (secondary N) is 1. The predicted molar refractivity (Wildman–Crippen MR) is 86.4 cm³/mol. The first-order chi connectivity index (χ1) is 12.0. The molecule has 1 aromatic rings. The van der Waals surface area contributed by atoms with Gasteiger partial charge >= 0.3 is 23.7 Å². The molecule has 26 heavy (non-hydrogen) atoms. The van der Waals surface area contributed by atoms with Crippen LogP contribution < -0.4 is 5.32 Å². The van der Waals surface area contributed by atoms with E-state index in [4.69, 9.17) is 4.74 Å². The molecule has 0 fully saturated rings. The molecule has 0 saturated carbocycles. The van der Waals surface area contributed by atoms with E-state index in [0.717, 1.165) is 26.4 Å². The van der Waals surface area contributed by atoms with Gasteiger partial charge in [-0.1, -0.05) is 18.2 Å². The van der Waals surface area contributed by atoms with Crippen LogP contribution in [0.1, 0.15) is 32.4 Å². The number of benzene rings is 1. The average molecular weight is 373 g/mol. The highest BCUT2D eigenvalue weighted by Gasteiger charge is 2.58. The lowest BCUT2D eigenvalue weighted by atomic mass is 9.89. The first kappa shape index (κ1) is 21.3. The van der Waals surface area contributed by atoms with Gasteiger partial charge in [-0.2, -0.15) is 0 Å². The molecule has 144 valence electrons. The second-order valence-electron chi connectivity index (χ2n) is 6.30. The first-order valence-corrected chi connectivity index (χ1v) is 7.57. The normalized spacial score (nSPS) is 12.7. The van der Waals surface area contributed by atoms with Gasteiger partial charge in [0.15, 0.2) is 0 Å². The molecule has 0 aliphatic carbocycles. The van der Waals surface area contributed by atoms with Gasteiger partial charge < -0.3 is 19.5 Å². The van der Waals surface area contributed by atoms with Crippen LogP contribution in [-0.4, -0.2) is 43.5 Å². The number of alkyl carbamates (subject to hydrolysis) is 1. The topological polar surface area (TPSA) is 90.9 Å². The molecule has 0 aliphatic rings. The zero-order valence-electron chi connectivity index (χ0n) is 15.1. The summed E-state index contributed by atoms with van der Waals surface area (Å²) >= 11 is 0. The summed E-state index contributed by atoms with van der Waals surface area (Å²) in [4.78, 5) is 36.1.